The minimum absolute atomic E-state index is 0.380. The average Bonchev–Trinajstić information content (AvgIpc) is 2.16. The Kier molecular flexibility index (Phi) is 3.91. The second-order valence-electron chi connectivity index (χ2n) is 4.35. The third-order valence-corrected chi connectivity index (χ3v) is 4.58. The van der Waals surface area contributed by atoms with Gasteiger partial charge >= 0.3 is 0 Å². The maximum atomic E-state index is 11.1. The van der Waals surface area contributed by atoms with E-state index in [0.717, 1.165) is 0 Å². The largest absolute Gasteiger partial charge is 0.392 e. The van der Waals surface area contributed by atoms with Gasteiger partial charge in [-0.2, -0.15) is 12.7 Å². The SMILES string of the molecule is CC(C)(C(N)=S)N1CCN(S(N)(=O)=O)CC1. The highest BCUT2D eigenvalue weighted by Gasteiger charge is 2.34. The standard InChI is InChI=1S/C8H18N4O2S2/c1-8(2,7(9)15)11-3-5-12(6-4-11)16(10,13)14/h3-6H2,1-2H3,(H2,9,15)(H2,10,13,14). The molecule has 6 nitrogen and oxygen atoms in total. The molecule has 0 spiro atoms. The van der Waals surface area contributed by atoms with Crippen LogP contribution in [-0.4, -0.2) is 54.3 Å². The Morgan fingerprint density at radius 3 is 2.00 bits per heavy atom. The summed E-state index contributed by atoms with van der Waals surface area (Å²) in [6, 6.07) is 0. The molecule has 0 aliphatic carbocycles. The van der Waals surface area contributed by atoms with E-state index in [9.17, 15) is 8.42 Å². The molecule has 0 bridgehead atoms. The maximum Gasteiger partial charge on any atom is 0.276 e. The second-order valence-corrected chi connectivity index (χ2v) is 6.34. The lowest BCUT2D eigenvalue weighted by Crippen LogP contribution is -2.60. The number of rotatable bonds is 3. The summed E-state index contributed by atoms with van der Waals surface area (Å²) in [4.78, 5) is 2.48. The van der Waals surface area contributed by atoms with E-state index in [0.29, 0.717) is 31.2 Å². The first-order chi connectivity index (χ1) is 7.15. The highest BCUT2D eigenvalue weighted by molar-refractivity contribution is 7.86. The lowest BCUT2D eigenvalue weighted by atomic mass is 10.0. The fraction of sp³-hybridized carbons (Fsp3) is 0.875. The maximum absolute atomic E-state index is 11.1. The van der Waals surface area contributed by atoms with E-state index in [-0.39, 0.29) is 5.54 Å². The number of hydrogen-bond acceptors (Lipinski definition) is 4. The molecule has 0 aromatic carbocycles. The van der Waals surface area contributed by atoms with Crippen LogP contribution in [0, 0.1) is 0 Å². The van der Waals surface area contributed by atoms with E-state index in [1.807, 2.05) is 13.8 Å². The predicted molar refractivity (Wildman–Crippen MR) is 67.1 cm³/mol. The fourth-order valence-electron chi connectivity index (χ4n) is 1.66. The van der Waals surface area contributed by atoms with E-state index < -0.39 is 10.2 Å². The third kappa shape index (κ3) is 2.89. The Morgan fingerprint density at radius 2 is 1.69 bits per heavy atom. The smallest absolute Gasteiger partial charge is 0.276 e. The minimum Gasteiger partial charge on any atom is -0.392 e. The van der Waals surface area contributed by atoms with Gasteiger partial charge in [-0.1, -0.05) is 12.2 Å². The molecule has 1 heterocycles. The van der Waals surface area contributed by atoms with Crippen LogP contribution in [0.1, 0.15) is 13.8 Å². The summed E-state index contributed by atoms with van der Waals surface area (Å²) in [6.07, 6.45) is 0. The monoisotopic (exact) mass is 266 g/mol. The van der Waals surface area contributed by atoms with Gasteiger partial charge in [0.15, 0.2) is 0 Å². The first-order valence-corrected chi connectivity index (χ1v) is 6.89. The molecule has 0 amide bonds. The molecule has 0 radical (unpaired) electrons. The Bertz CT molecular complexity index is 371. The molecule has 8 heteroatoms. The number of piperazine rings is 1. The second kappa shape index (κ2) is 4.53. The highest BCUT2D eigenvalue weighted by atomic mass is 32.2. The van der Waals surface area contributed by atoms with Gasteiger partial charge in [-0.25, -0.2) is 5.14 Å². The van der Waals surface area contributed by atoms with Crippen molar-refractivity contribution in [1.29, 1.82) is 0 Å². The molecule has 0 aromatic rings. The van der Waals surface area contributed by atoms with Crippen LogP contribution in [0.15, 0.2) is 0 Å². The van der Waals surface area contributed by atoms with Crippen LogP contribution in [0.25, 0.3) is 0 Å². The van der Waals surface area contributed by atoms with Gasteiger partial charge in [0.25, 0.3) is 10.2 Å². The van der Waals surface area contributed by atoms with Crippen LogP contribution >= 0.6 is 12.2 Å². The Morgan fingerprint density at radius 1 is 1.25 bits per heavy atom. The predicted octanol–water partition coefficient (Wildman–Crippen LogP) is -1.13. The van der Waals surface area contributed by atoms with Gasteiger partial charge < -0.3 is 5.73 Å². The zero-order valence-corrected chi connectivity index (χ0v) is 11.1. The summed E-state index contributed by atoms with van der Waals surface area (Å²) in [5, 5.41) is 5.05. The Balaban J connectivity index is 2.66. The number of thiocarbonyl (C=S) groups is 1. The van der Waals surface area contributed by atoms with E-state index in [4.69, 9.17) is 23.1 Å². The molecule has 1 saturated heterocycles. The first-order valence-electron chi connectivity index (χ1n) is 4.98. The lowest BCUT2D eigenvalue weighted by molar-refractivity contribution is 0.123. The van der Waals surface area contributed by atoms with Crippen molar-refractivity contribution >= 4 is 27.4 Å². The van der Waals surface area contributed by atoms with Crippen molar-refractivity contribution in [1.82, 2.24) is 9.21 Å². The summed E-state index contributed by atoms with van der Waals surface area (Å²) in [6.45, 7) is 5.79. The Labute approximate surface area is 102 Å². The highest BCUT2D eigenvalue weighted by Crippen LogP contribution is 2.17. The van der Waals surface area contributed by atoms with Crippen LogP contribution < -0.4 is 10.9 Å². The molecule has 1 rings (SSSR count). The molecule has 1 aliphatic rings. The molecular weight excluding hydrogens is 248 g/mol. The lowest BCUT2D eigenvalue weighted by Gasteiger charge is -2.42. The number of nitrogens with zero attached hydrogens (tertiary/aromatic N) is 2. The summed E-state index contributed by atoms with van der Waals surface area (Å²) >= 11 is 4.99. The van der Waals surface area contributed by atoms with E-state index in [1.54, 1.807) is 0 Å². The van der Waals surface area contributed by atoms with Gasteiger partial charge in [0.1, 0.15) is 0 Å². The summed E-state index contributed by atoms with van der Waals surface area (Å²) < 4.78 is 23.5. The molecule has 1 aliphatic heterocycles. The van der Waals surface area contributed by atoms with Crippen molar-refractivity contribution in [2.45, 2.75) is 19.4 Å². The van der Waals surface area contributed by atoms with Crippen molar-refractivity contribution in [3.05, 3.63) is 0 Å². The van der Waals surface area contributed by atoms with Crippen molar-refractivity contribution < 1.29 is 8.42 Å². The molecular formula is C8H18N4O2S2. The van der Waals surface area contributed by atoms with Crippen molar-refractivity contribution in [3.63, 3.8) is 0 Å². The molecule has 0 atom stereocenters. The van der Waals surface area contributed by atoms with Gasteiger partial charge in [-0.15, -0.1) is 0 Å². The van der Waals surface area contributed by atoms with Crippen LogP contribution in [0.5, 0.6) is 0 Å². The van der Waals surface area contributed by atoms with Gasteiger partial charge in [0.2, 0.25) is 0 Å². The Hall–Kier alpha value is -0.280. The van der Waals surface area contributed by atoms with Crippen LogP contribution in [-0.2, 0) is 10.2 Å². The molecule has 0 saturated carbocycles. The first kappa shape index (κ1) is 13.8. The number of nitrogens with two attached hydrogens (primary N) is 2. The average molecular weight is 266 g/mol. The normalized spacial score (nSPS) is 20.9. The summed E-state index contributed by atoms with van der Waals surface area (Å²) in [5.74, 6) is 0. The summed E-state index contributed by atoms with van der Waals surface area (Å²) in [5.41, 5.74) is 5.27. The van der Waals surface area contributed by atoms with Crippen LogP contribution in [0.4, 0.5) is 0 Å². The summed E-state index contributed by atoms with van der Waals surface area (Å²) in [7, 11) is -3.57. The van der Waals surface area contributed by atoms with Crippen LogP contribution in [0.3, 0.4) is 0 Å². The van der Waals surface area contributed by atoms with Gasteiger partial charge in [-0.3, -0.25) is 4.90 Å². The molecule has 0 unspecified atom stereocenters. The zero-order valence-electron chi connectivity index (χ0n) is 9.51. The molecule has 16 heavy (non-hydrogen) atoms. The molecule has 4 N–H and O–H groups in total. The van der Waals surface area contributed by atoms with Crippen LogP contribution in [0.2, 0.25) is 0 Å². The topological polar surface area (TPSA) is 92.7 Å². The van der Waals surface area contributed by atoms with Gasteiger partial charge in [-0.05, 0) is 13.8 Å². The van der Waals surface area contributed by atoms with E-state index >= 15 is 0 Å². The third-order valence-electron chi connectivity index (χ3n) is 2.99. The zero-order chi connectivity index (χ0) is 12.6. The van der Waals surface area contributed by atoms with E-state index in [2.05, 4.69) is 4.90 Å². The van der Waals surface area contributed by atoms with Crippen molar-refractivity contribution in [2.24, 2.45) is 10.9 Å². The molecule has 0 aromatic heterocycles. The quantitative estimate of drug-likeness (QED) is 0.631. The van der Waals surface area contributed by atoms with Crippen molar-refractivity contribution in [3.8, 4) is 0 Å². The molecule has 94 valence electrons. The van der Waals surface area contributed by atoms with Gasteiger partial charge in [0.05, 0.1) is 10.5 Å². The minimum atomic E-state index is -3.57. The number of hydrogen-bond donors (Lipinski definition) is 2. The van der Waals surface area contributed by atoms with E-state index in [1.165, 1.54) is 4.31 Å². The fourth-order valence-corrected chi connectivity index (χ4v) is 2.46. The van der Waals surface area contributed by atoms with Crippen molar-refractivity contribution in [2.75, 3.05) is 26.2 Å². The van der Waals surface area contributed by atoms with Gasteiger partial charge in [0, 0.05) is 26.2 Å². The molecule has 1 fully saturated rings.